The molecule has 1 N–H and O–H groups in total. The van der Waals surface area contributed by atoms with E-state index in [-0.39, 0.29) is 17.7 Å². The number of hydrogen-bond acceptors (Lipinski definition) is 6. The third kappa shape index (κ3) is 4.86. The van der Waals surface area contributed by atoms with E-state index in [1.807, 2.05) is 41.1 Å². The number of nitrogens with zero attached hydrogens (tertiary/aromatic N) is 4. The van der Waals surface area contributed by atoms with E-state index in [2.05, 4.69) is 52.5 Å². The van der Waals surface area contributed by atoms with E-state index < -0.39 is 0 Å². The number of amides is 1. The molecule has 8 heteroatoms. The first-order chi connectivity index (χ1) is 15.0. The molecule has 1 atom stereocenters. The van der Waals surface area contributed by atoms with Crippen molar-refractivity contribution in [2.24, 2.45) is 0 Å². The van der Waals surface area contributed by atoms with Crippen molar-refractivity contribution < 1.29 is 4.79 Å². The highest BCUT2D eigenvalue weighted by Gasteiger charge is 2.18. The number of thiophene rings is 1. The van der Waals surface area contributed by atoms with Gasteiger partial charge in [0.25, 0.3) is 0 Å². The Morgan fingerprint density at radius 1 is 1.13 bits per heavy atom. The molecule has 0 aliphatic heterocycles. The van der Waals surface area contributed by atoms with E-state index in [9.17, 15) is 4.79 Å². The lowest BCUT2D eigenvalue weighted by atomic mass is 10.1. The molecule has 0 fully saturated rings. The number of pyridine rings is 1. The molecule has 3 aromatic heterocycles. The number of aromatic nitrogens is 4. The SMILES string of the molecule is Cc1ccc(-n2c(SCC(=O)NC(C)c3cccs3)nnc2-c2ccncc2)cc1C. The van der Waals surface area contributed by atoms with Gasteiger partial charge >= 0.3 is 0 Å². The lowest BCUT2D eigenvalue weighted by molar-refractivity contribution is -0.119. The third-order valence-electron chi connectivity index (χ3n) is 5.00. The molecule has 1 amide bonds. The minimum Gasteiger partial charge on any atom is -0.348 e. The number of carbonyl (C=O) groups is 1. The Hall–Kier alpha value is -2.97. The molecule has 31 heavy (non-hydrogen) atoms. The van der Waals surface area contributed by atoms with Gasteiger partial charge in [-0.2, -0.15) is 0 Å². The highest BCUT2D eigenvalue weighted by molar-refractivity contribution is 7.99. The molecular formula is C23H23N5OS2. The van der Waals surface area contributed by atoms with Gasteiger partial charge in [-0.3, -0.25) is 14.3 Å². The zero-order chi connectivity index (χ0) is 21.8. The van der Waals surface area contributed by atoms with Crippen LogP contribution in [0.15, 0.2) is 65.4 Å². The van der Waals surface area contributed by atoms with E-state index in [4.69, 9.17) is 0 Å². The first-order valence-corrected chi connectivity index (χ1v) is 11.8. The number of thioether (sulfide) groups is 1. The molecule has 1 unspecified atom stereocenters. The first-order valence-electron chi connectivity index (χ1n) is 9.92. The number of aryl methyl sites for hydroxylation is 2. The molecule has 4 rings (SSSR count). The minimum atomic E-state index is -0.0361. The van der Waals surface area contributed by atoms with Crippen molar-refractivity contribution in [3.8, 4) is 17.1 Å². The van der Waals surface area contributed by atoms with Gasteiger partial charge in [0.05, 0.1) is 17.5 Å². The Bertz CT molecular complexity index is 1170. The van der Waals surface area contributed by atoms with Gasteiger partial charge in [-0.15, -0.1) is 21.5 Å². The molecular weight excluding hydrogens is 426 g/mol. The Labute approximate surface area is 189 Å². The second-order valence-corrected chi connectivity index (χ2v) is 9.16. The van der Waals surface area contributed by atoms with Crippen molar-refractivity contribution >= 4 is 29.0 Å². The number of rotatable bonds is 7. The predicted octanol–water partition coefficient (Wildman–Crippen LogP) is 4.98. The van der Waals surface area contributed by atoms with Crippen LogP contribution in [0.5, 0.6) is 0 Å². The molecule has 6 nitrogen and oxygen atoms in total. The maximum atomic E-state index is 12.6. The lowest BCUT2D eigenvalue weighted by Gasteiger charge is -2.13. The summed E-state index contributed by atoms with van der Waals surface area (Å²) in [4.78, 5) is 17.8. The van der Waals surface area contributed by atoms with Crippen LogP contribution in [0.4, 0.5) is 0 Å². The molecule has 0 aliphatic rings. The fraction of sp³-hybridized carbons (Fsp3) is 0.217. The van der Waals surface area contributed by atoms with Crippen LogP contribution >= 0.6 is 23.1 Å². The maximum Gasteiger partial charge on any atom is 0.230 e. The summed E-state index contributed by atoms with van der Waals surface area (Å²) in [6, 6.07) is 14.1. The summed E-state index contributed by atoms with van der Waals surface area (Å²) in [5.74, 6) is 0.946. The minimum absolute atomic E-state index is 0.0157. The van der Waals surface area contributed by atoms with Gasteiger partial charge in [0.2, 0.25) is 5.91 Å². The van der Waals surface area contributed by atoms with Crippen LogP contribution in [0.3, 0.4) is 0 Å². The normalized spacial score (nSPS) is 12.0. The summed E-state index contributed by atoms with van der Waals surface area (Å²) in [6.07, 6.45) is 3.47. The third-order valence-corrected chi connectivity index (χ3v) is 6.98. The van der Waals surface area contributed by atoms with Crippen LogP contribution in [0.2, 0.25) is 0 Å². The second-order valence-electron chi connectivity index (χ2n) is 7.24. The Morgan fingerprint density at radius 2 is 1.94 bits per heavy atom. The molecule has 3 heterocycles. The van der Waals surface area contributed by atoms with Crippen LogP contribution in [0.25, 0.3) is 17.1 Å². The van der Waals surface area contributed by atoms with Gasteiger partial charge in [0, 0.05) is 22.8 Å². The monoisotopic (exact) mass is 449 g/mol. The van der Waals surface area contributed by atoms with Crippen molar-refractivity contribution in [2.75, 3.05) is 5.75 Å². The quantitative estimate of drug-likeness (QED) is 0.403. The first kappa shape index (κ1) is 21.3. The van der Waals surface area contributed by atoms with Gasteiger partial charge in [-0.25, -0.2) is 0 Å². The van der Waals surface area contributed by atoms with Gasteiger partial charge < -0.3 is 5.32 Å². The van der Waals surface area contributed by atoms with Crippen LogP contribution in [-0.4, -0.2) is 31.4 Å². The topological polar surface area (TPSA) is 72.7 Å². The molecule has 158 valence electrons. The molecule has 4 aromatic rings. The van der Waals surface area contributed by atoms with E-state index in [1.165, 1.54) is 22.9 Å². The van der Waals surface area contributed by atoms with Crippen molar-refractivity contribution in [3.05, 3.63) is 76.2 Å². The summed E-state index contributed by atoms with van der Waals surface area (Å²) in [6.45, 7) is 6.17. The number of benzene rings is 1. The predicted molar refractivity (Wildman–Crippen MR) is 126 cm³/mol. The second kappa shape index (κ2) is 9.45. The molecule has 0 saturated carbocycles. The molecule has 0 saturated heterocycles. The molecule has 0 aliphatic carbocycles. The Kier molecular flexibility index (Phi) is 6.48. The van der Waals surface area contributed by atoms with Crippen molar-refractivity contribution in [3.63, 3.8) is 0 Å². The van der Waals surface area contributed by atoms with Crippen LogP contribution < -0.4 is 5.32 Å². The summed E-state index contributed by atoms with van der Waals surface area (Å²) in [5, 5.41) is 14.6. The van der Waals surface area contributed by atoms with E-state index in [0.717, 1.165) is 22.0 Å². The fourth-order valence-corrected chi connectivity index (χ4v) is 4.67. The number of nitrogens with one attached hydrogen (secondary N) is 1. The van der Waals surface area contributed by atoms with Crippen molar-refractivity contribution in [1.82, 2.24) is 25.1 Å². The maximum absolute atomic E-state index is 12.6. The fourth-order valence-electron chi connectivity index (χ4n) is 3.17. The lowest BCUT2D eigenvalue weighted by Crippen LogP contribution is -2.27. The van der Waals surface area contributed by atoms with Gasteiger partial charge in [-0.05, 0) is 67.6 Å². The average Bonchev–Trinajstić information content (AvgIpc) is 3.45. The highest BCUT2D eigenvalue weighted by Crippen LogP contribution is 2.29. The van der Waals surface area contributed by atoms with E-state index in [1.54, 1.807) is 23.7 Å². The molecule has 0 bridgehead atoms. The average molecular weight is 450 g/mol. The van der Waals surface area contributed by atoms with Gasteiger partial charge in [-0.1, -0.05) is 23.9 Å². The molecule has 0 radical (unpaired) electrons. The van der Waals surface area contributed by atoms with E-state index in [0.29, 0.717) is 5.16 Å². The smallest absolute Gasteiger partial charge is 0.230 e. The number of carbonyl (C=O) groups excluding carboxylic acids is 1. The Balaban J connectivity index is 1.59. The summed E-state index contributed by atoms with van der Waals surface area (Å²) in [5.41, 5.74) is 4.29. The molecule has 1 aromatic carbocycles. The largest absolute Gasteiger partial charge is 0.348 e. The summed E-state index contributed by atoms with van der Waals surface area (Å²) in [7, 11) is 0. The summed E-state index contributed by atoms with van der Waals surface area (Å²) >= 11 is 3.02. The number of hydrogen-bond donors (Lipinski definition) is 1. The van der Waals surface area contributed by atoms with Crippen molar-refractivity contribution in [1.29, 1.82) is 0 Å². The standard InChI is InChI=1S/C23H23N5OS2/c1-15-6-7-19(13-16(15)2)28-22(18-8-10-24-11-9-18)26-27-23(28)31-14-21(29)25-17(3)20-5-4-12-30-20/h4-13,17H,14H2,1-3H3,(H,25,29). The van der Waals surface area contributed by atoms with Crippen LogP contribution in [0.1, 0.15) is 29.0 Å². The zero-order valence-electron chi connectivity index (χ0n) is 17.6. The van der Waals surface area contributed by atoms with Gasteiger partial charge in [0.1, 0.15) is 0 Å². The van der Waals surface area contributed by atoms with Gasteiger partial charge in [0.15, 0.2) is 11.0 Å². The zero-order valence-corrected chi connectivity index (χ0v) is 19.2. The Morgan fingerprint density at radius 3 is 2.65 bits per heavy atom. The highest BCUT2D eigenvalue weighted by atomic mass is 32.2. The van der Waals surface area contributed by atoms with Crippen LogP contribution in [0, 0.1) is 13.8 Å². The molecule has 0 spiro atoms. The summed E-state index contributed by atoms with van der Waals surface area (Å²) < 4.78 is 2.00. The van der Waals surface area contributed by atoms with Crippen LogP contribution in [-0.2, 0) is 4.79 Å². The van der Waals surface area contributed by atoms with Crippen molar-refractivity contribution in [2.45, 2.75) is 32.0 Å². The van der Waals surface area contributed by atoms with E-state index >= 15 is 0 Å².